The number of fused-ring (bicyclic) bond motifs is 1. The van der Waals surface area contributed by atoms with Crippen LogP contribution in [-0.2, 0) is 18.4 Å². The first-order valence-electron chi connectivity index (χ1n) is 11.4. The topological polar surface area (TPSA) is 115 Å². The summed E-state index contributed by atoms with van der Waals surface area (Å²) in [6, 6.07) is 17.2. The highest BCUT2D eigenvalue weighted by Gasteiger charge is 2.22. The van der Waals surface area contributed by atoms with Crippen molar-refractivity contribution in [3.63, 3.8) is 0 Å². The number of likely N-dealkylation sites (tertiary alicyclic amines) is 1. The van der Waals surface area contributed by atoms with Crippen molar-refractivity contribution in [1.82, 2.24) is 40.1 Å². The second-order valence-corrected chi connectivity index (χ2v) is 8.45. The van der Waals surface area contributed by atoms with E-state index in [-0.39, 0.29) is 5.91 Å². The predicted molar refractivity (Wildman–Crippen MR) is 128 cm³/mol. The van der Waals surface area contributed by atoms with E-state index in [0.717, 1.165) is 40.8 Å². The van der Waals surface area contributed by atoms with Gasteiger partial charge in [0.1, 0.15) is 17.2 Å². The first-order chi connectivity index (χ1) is 17.1. The molecule has 0 saturated carbocycles. The lowest BCUT2D eigenvalue weighted by Crippen LogP contribution is -2.24. The number of aromatic nitrogens is 7. The summed E-state index contributed by atoms with van der Waals surface area (Å²) in [5.41, 5.74) is 4.18. The average molecular weight is 467 g/mol. The number of carbonyl (C=O) groups excluding carboxylic acids is 1. The van der Waals surface area contributed by atoms with E-state index in [0.29, 0.717) is 36.1 Å². The van der Waals surface area contributed by atoms with Crippen LogP contribution >= 0.6 is 0 Å². The van der Waals surface area contributed by atoms with Crippen molar-refractivity contribution in [2.75, 3.05) is 6.54 Å². The maximum absolute atomic E-state index is 12.3. The number of pyridine rings is 1. The largest absolute Gasteiger partial charge is 0.457 e. The number of aromatic amines is 1. The van der Waals surface area contributed by atoms with Gasteiger partial charge in [0.05, 0.1) is 11.0 Å². The highest BCUT2D eigenvalue weighted by atomic mass is 16.5. The Morgan fingerprint density at radius 2 is 2.00 bits per heavy atom. The van der Waals surface area contributed by atoms with Crippen molar-refractivity contribution in [2.45, 2.75) is 19.4 Å². The normalized spacial score (nSPS) is 13.6. The van der Waals surface area contributed by atoms with Gasteiger partial charge in [0.25, 0.3) is 0 Å². The summed E-state index contributed by atoms with van der Waals surface area (Å²) >= 11 is 0. The predicted octanol–water partition coefficient (Wildman–Crippen LogP) is 3.73. The summed E-state index contributed by atoms with van der Waals surface area (Å²) in [7, 11) is 1.80. The third-order valence-corrected chi connectivity index (χ3v) is 6.06. The number of hydrogen-bond acceptors (Lipinski definition) is 7. The van der Waals surface area contributed by atoms with E-state index < -0.39 is 0 Å². The molecular weight excluding hydrogens is 444 g/mol. The molecule has 174 valence electrons. The molecule has 0 radical (unpaired) electrons. The molecule has 1 amide bonds. The first kappa shape index (κ1) is 21.0. The molecule has 1 aliphatic rings. The molecule has 4 heterocycles. The molecule has 1 fully saturated rings. The molecule has 1 saturated heterocycles. The minimum atomic E-state index is 0.163. The summed E-state index contributed by atoms with van der Waals surface area (Å²) in [4.78, 5) is 26.7. The zero-order chi connectivity index (χ0) is 23.8. The number of ether oxygens (including phenoxy) is 1. The summed E-state index contributed by atoms with van der Waals surface area (Å²) < 4.78 is 7.93. The third kappa shape index (κ3) is 4.10. The van der Waals surface area contributed by atoms with Crippen molar-refractivity contribution in [3.8, 4) is 34.4 Å². The molecule has 10 heteroatoms. The van der Waals surface area contributed by atoms with E-state index in [1.807, 2.05) is 59.5 Å². The van der Waals surface area contributed by atoms with Crippen molar-refractivity contribution in [1.29, 1.82) is 0 Å². The smallest absolute Gasteiger partial charge is 0.222 e. The van der Waals surface area contributed by atoms with E-state index >= 15 is 0 Å². The lowest BCUT2D eigenvalue weighted by atomic mass is 10.1. The van der Waals surface area contributed by atoms with Gasteiger partial charge in [0.15, 0.2) is 11.6 Å². The molecule has 0 bridgehead atoms. The van der Waals surface area contributed by atoms with Gasteiger partial charge in [-0.15, -0.1) is 5.10 Å². The van der Waals surface area contributed by atoms with Crippen LogP contribution in [0.15, 0.2) is 60.8 Å². The number of carbonyl (C=O) groups is 1. The third-order valence-electron chi connectivity index (χ3n) is 6.06. The molecule has 3 aromatic heterocycles. The molecule has 35 heavy (non-hydrogen) atoms. The van der Waals surface area contributed by atoms with Crippen LogP contribution in [0.5, 0.6) is 11.5 Å². The molecule has 0 spiro atoms. The molecule has 6 rings (SSSR count). The molecule has 0 atom stereocenters. The van der Waals surface area contributed by atoms with E-state index in [1.54, 1.807) is 17.9 Å². The van der Waals surface area contributed by atoms with Gasteiger partial charge in [0.2, 0.25) is 5.91 Å². The Balaban J connectivity index is 1.36. The Kier molecular flexibility index (Phi) is 5.17. The molecule has 10 nitrogen and oxygen atoms in total. The summed E-state index contributed by atoms with van der Waals surface area (Å²) in [5.74, 6) is 2.84. The number of aryl methyl sites for hydroxylation is 1. The van der Waals surface area contributed by atoms with Crippen LogP contribution in [0.25, 0.3) is 33.9 Å². The number of nitrogens with one attached hydrogen (secondary N) is 1. The lowest BCUT2D eigenvalue weighted by molar-refractivity contribution is -0.128. The first-order valence-corrected chi connectivity index (χ1v) is 11.4. The van der Waals surface area contributed by atoms with Crippen LogP contribution in [0.3, 0.4) is 0 Å². The summed E-state index contributed by atoms with van der Waals surface area (Å²) in [6.07, 6.45) is 3.20. The fourth-order valence-corrected chi connectivity index (χ4v) is 4.28. The van der Waals surface area contributed by atoms with E-state index in [9.17, 15) is 4.79 Å². The van der Waals surface area contributed by atoms with Gasteiger partial charge in [0, 0.05) is 49.9 Å². The number of tetrazole rings is 1. The van der Waals surface area contributed by atoms with Gasteiger partial charge in [-0.25, -0.2) is 9.67 Å². The van der Waals surface area contributed by atoms with Crippen LogP contribution in [0, 0.1) is 0 Å². The number of amides is 1. The van der Waals surface area contributed by atoms with Gasteiger partial charge in [-0.05, 0) is 59.3 Å². The number of rotatable bonds is 6. The maximum Gasteiger partial charge on any atom is 0.222 e. The van der Waals surface area contributed by atoms with Gasteiger partial charge >= 0.3 is 0 Å². The van der Waals surface area contributed by atoms with Crippen molar-refractivity contribution < 1.29 is 9.53 Å². The summed E-state index contributed by atoms with van der Waals surface area (Å²) in [5, 5.41) is 11.6. The van der Waals surface area contributed by atoms with Gasteiger partial charge in [-0.1, -0.05) is 6.07 Å². The monoisotopic (exact) mass is 466 g/mol. The molecule has 1 aliphatic heterocycles. The fourth-order valence-electron chi connectivity index (χ4n) is 4.28. The number of imidazole rings is 1. The second-order valence-electron chi connectivity index (χ2n) is 8.45. The number of benzene rings is 2. The van der Waals surface area contributed by atoms with Crippen LogP contribution in [0.1, 0.15) is 18.4 Å². The summed E-state index contributed by atoms with van der Waals surface area (Å²) in [6.45, 7) is 1.23. The van der Waals surface area contributed by atoms with Crippen LogP contribution < -0.4 is 4.74 Å². The quantitative estimate of drug-likeness (QED) is 0.405. The van der Waals surface area contributed by atoms with Crippen LogP contribution in [0.4, 0.5) is 0 Å². The van der Waals surface area contributed by atoms with E-state index in [4.69, 9.17) is 9.72 Å². The minimum absolute atomic E-state index is 0.163. The van der Waals surface area contributed by atoms with Crippen LogP contribution in [-0.4, -0.2) is 52.5 Å². The zero-order valence-corrected chi connectivity index (χ0v) is 19.0. The van der Waals surface area contributed by atoms with Crippen molar-refractivity contribution in [3.05, 3.63) is 66.4 Å². The van der Waals surface area contributed by atoms with E-state index in [1.165, 1.54) is 0 Å². The van der Waals surface area contributed by atoms with Gasteiger partial charge in [-0.3, -0.25) is 9.78 Å². The zero-order valence-electron chi connectivity index (χ0n) is 19.0. The fraction of sp³-hybridized carbons (Fsp3) is 0.200. The van der Waals surface area contributed by atoms with E-state index in [2.05, 4.69) is 25.5 Å². The number of hydrogen-bond donors (Lipinski definition) is 1. The molecule has 0 aliphatic carbocycles. The Labute approximate surface area is 200 Å². The van der Waals surface area contributed by atoms with Crippen molar-refractivity contribution >= 4 is 16.9 Å². The number of H-pyrrole nitrogens is 1. The SMILES string of the molecule is Cn1nnnc1-c1ccc(Oc2cc3nc(-c4ccccn4)[nH]c3cc2CN2CCCC2=O)cc1. The highest BCUT2D eigenvalue weighted by Crippen LogP contribution is 2.33. The second kappa shape index (κ2) is 8.64. The molecule has 2 aromatic carbocycles. The Morgan fingerprint density at radius 3 is 2.71 bits per heavy atom. The molecular formula is C25H22N8O2. The number of nitrogens with zero attached hydrogens (tertiary/aromatic N) is 7. The van der Waals surface area contributed by atoms with Gasteiger partial charge < -0.3 is 14.6 Å². The van der Waals surface area contributed by atoms with Crippen LogP contribution in [0.2, 0.25) is 0 Å². The van der Waals surface area contributed by atoms with Crippen molar-refractivity contribution in [2.24, 2.45) is 7.05 Å². The molecule has 5 aromatic rings. The van der Waals surface area contributed by atoms with Gasteiger partial charge in [-0.2, -0.15) is 0 Å². The minimum Gasteiger partial charge on any atom is -0.457 e. The Bertz CT molecular complexity index is 1510. The standard InChI is InChI=1S/C25H22N8O2/c1-32-25(29-30-31-32)16-7-9-18(10-8-16)35-22-14-21-20(13-17(22)15-33-12-4-6-23(33)34)27-24(28-21)19-5-2-3-11-26-19/h2-3,5,7-11,13-14H,4,6,12,15H2,1H3,(H,27,28). The molecule has 0 unspecified atom stereocenters. The molecule has 1 N–H and O–H groups in total. The highest BCUT2D eigenvalue weighted by molar-refractivity contribution is 5.82. The lowest BCUT2D eigenvalue weighted by Gasteiger charge is -2.18. The maximum atomic E-state index is 12.3. The average Bonchev–Trinajstić information content (AvgIpc) is 3.60. The Morgan fingerprint density at radius 1 is 1.11 bits per heavy atom. The Hall–Kier alpha value is -4.60.